The number of imidazole rings is 1. The number of rotatable bonds is 6. The fourth-order valence-electron chi connectivity index (χ4n) is 2.74. The van der Waals surface area contributed by atoms with Gasteiger partial charge in [-0.1, -0.05) is 0 Å². The molecule has 0 atom stereocenters. The molecule has 112 valence electrons. The van der Waals surface area contributed by atoms with Gasteiger partial charge in [0.05, 0.1) is 12.0 Å². The molecule has 6 nitrogen and oxygen atoms in total. The van der Waals surface area contributed by atoms with Gasteiger partial charge in [0.25, 0.3) is 0 Å². The Morgan fingerprint density at radius 2 is 2.30 bits per heavy atom. The summed E-state index contributed by atoms with van der Waals surface area (Å²) in [6.07, 6.45) is 5.36. The summed E-state index contributed by atoms with van der Waals surface area (Å²) in [6, 6.07) is 0. The van der Waals surface area contributed by atoms with Crippen molar-refractivity contribution in [3.8, 4) is 0 Å². The summed E-state index contributed by atoms with van der Waals surface area (Å²) in [5.41, 5.74) is -0.371. The number of nitrogens with zero attached hydrogens (tertiary/aromatic N) is 2. The van der Waals surface area contributed by atoms with Crippen molar-refractivity contribution >= 4 is 5.91 Å². The topological polar surface area (TPSA) is 68.2 Å². The zero-order valence-electron chi connectivity index (χ0n) is 12.3. The van der Waals surface area contributed by atoms with Crippen molar-refractivity contribution in [2.24, 2.45) is 5.41 Å². The van der Waals surface area contributed by atoms with E-state index in [-0.39, 0.29) is 11.3 Å². The third-order valence-corrected chi connectivity index (χ3v) is 4.02. The van der Waals surface area contributed by atoms with Crippen LogP contribution in [-0.2, 0) is 16.1 Å². The molecule has 1 fully saturated rings. The van der Waals surface area contributed by atoms with Crippen LogP contribution in [0.25, 0.3) is 0 Å². The van der Waals surface area contributed by atoms with E-state index < -0.39 is 0 Å². The fourth-order valence-corrected chi connectivity index (χ4v) is 2.74. The third kappa shape index (κ3) is 3.37. The fraction of sp³-hybridized carbons (Fsp3) is 0.714. The highest BCUT2D eigenvalue weighted by Gasteiger charge is 2.39. The van der Waals surface area contributed by atoms with Crippen LogP contribution in [0, 0.1) is 12.3 Å². The monoisotopic (exact) mass is 280 g/mol. The molecule has 20 heavy (non-hydrogen) atoms. The number of amides is 1. The first-order valence-electron chi connectivity index (χ1n) is 7.14. The number of hydrogen-bond acceptors (Lipinski definition) is 4. The maximum atomic E-state index is 12.5. The van der Waals surface area contributed by atoms with Gasteiger partial charge in [-0.3, -0.25) is 4.79 Å². The van der Waals surface area contributed by atoms with Crippen molar-refractivity contribution in [3.63, 3.8) is 0 Å². The Bertz CT molecular complexity index is 433. The van der Waals surface area contributed by atoms with Crippen LogP contribution < -0.4 is 10.6 Å². The highest BCUT2D eigenvalue weighted by Crippen LogP contribution is 2.29. The minimum atomic E-state index is -0.371. The molecule has 1 aliphatic heterocycles. The van der Waals surface area contributed by atoms with Gasteiger partial charge >= 0.3 is 0 Å². The summed E-state index contributed by atoms with van der Waals surface area (Å²) in [5.74, 6) is 1.08. The van der Waals surface area contributed by atoms with Gasteiger partial charge in [0, 0.05) is 32.6 Å². The number of hydrogen-bond donors (Lipinski definition) is 2. The summed E-state index contributed by atoms with van der Waals surface area (Å²) in [5, 5.41) is 6.34. The summed E-state index contributed by atoms with van der Waals surface area (Å²) >= 11 is 0. The van der Waals surface area contributed by atoms with Crippen LogP contribution in [0.2, 0.25) is 0 Å². The Balaban J connectivity index is 1.87. The summed E-state index contributed by atoms with van der Waals surface area (Å²) in [4.78, 5) is 16.6. The molecule has 1 aromatic heterocycles. The van der Waals surface area contributed by atoms with E-state index in [4.69, 9.17) is 4.74 Å². The van der Waals surface area contributed by atoms with E-state index in [0.717, 1.165) is 38.3 Å². The number of nitrogens with one attached hydrogen (secondary N) is 2. The molecule has 0 unspecified atom stereocenters. The molecule has 0 bridgehead atoms. The highest BCUT2D eigenvalue weighted by atomic mass is 16.5. The molecule has 2 heterocycles. The smallest absolute Gasteiger partial charge is 0.228 e. The molecule has 1 saturated heterocycles. The minimum Gasteiger partial charge on any atom is -0.384 e. The van der Waals surface area contributed by atoms with Crippen LogP contribution in [0.4, 0.5) is 0 Å². The predicted octanol–water partition coefficient (Wildman–Crippen LogP) is 0.324. The van der Waals surface area contributed by atoms with E-state index in [1.807, 2.05) is 17.7 Å². The molecule has 6 heteroatoms. The Labute approximate surface area is 119 Å². The van der Waals surface area contributed by atoms with Crippen molar-refractivity contribution in [1.29, 1.82) is 0 Å². The van der Waals surface area contributed by atoms with Crippen LogP contribution >= 0.6 is 0 Å². The van der Waals surface area contributed by atoms with Crippen LogP contribution in [-0.4, -0.2) is 48.8 Å². The first kappa shape index (κ1) is 15.0. The molecular formula is C14H24N4O2. The van der Waals surface area contributed by atoms with Crippen molar-refractivity contribution in [2.45, 2.75) is 26.3 Å². The van der Waals surface area contributed by atoms with E-state index in [2.05, 4.69) is 15.6 Å². The average Bonchev–Trinajstić information content (AvgIpc) is 2.86. The maximum absolute atomic E-state index is 12.5. The van der Waals surface area contributed by atoms with Gasteiger partial charge in [0.15, 0.2) is 0 Å². The van der Waals surface area contributed by atoms with Crippen LogP contribution in [0.15, 0.2) is 12.4 Å². The largest absolute Gasteiger partial charge is 0.384 e. The van der Waals surface area contributed by atoms with Gasteiger partial charge < -0.3 is 19.9 Å². The lowest BCUT2D eigenvalue weighted by atomic mass is 9.78. The summed E-state index contributed by atoms with van der Waals surface area (Å²) < 4.78 is 7.31. The molecule has 2 N–H and O–H groups in total. The van der Waals surface area contributed by atoms with Crippen LogP contribution in [0.3, 0.4) is 0 Å². The molecule has 1 aliphatic rings. The normalized spacial score (nSPS) is 17.9. The number of ether oxygens (including phenoxy) is 1. The SMILES string of the molecule is COCC1(C(=O)NCCn2ccnc2C)CCNCC1. The highest BCUT2D eigenvalue weighted by molar-refractivity contribution is 5.82. The molecular weight excluding hydrogens is 256 g/mol. The predicted molar refractivity (Wildman–Crippen MR) is 76.4 cm³/mol. The van der Waals surface area contributed by atoms with Crippen molar-refractivity contribution in [2.75, 3.05) is 33.4 Å². The number of carbonyl (C=O) groups is 1. The lowest BCUT2D eigenvalue weighted by Crippen LogP contribution is -2.50. The second-order valence-electron chi connectivity index (χ2n) is 5.39. The van der Waals surface area contributed by atoms with E-state index in [9.17, 15) is 4.79 Å². The van der Waals surface area contributed by atoms with E-state index in [1.54, 1.807) is 13.3 Å². The number of aromatic nitrogens is 2. The van der Waals surface area contributed by atoms with Gasteiger partial charge in [-0.15, -0.1) is 0 Å². The molecule has 0 saturated carbocycles. The molecule has 0 radical (unpaired) electrons. The number of piperidine rings is 1. The van der Waals surface area contributed by atoms with Crippen molar-refractivity contribution < 1.29 is 9.53 Å². The Kier molecular flexibility index (Phi) is 5.14. The molecule has 1 amide bonds. The Hall–Kier alpha value is -1.40. The molecule has 2 rings (SSSR count). The molecule has 0 aliphatic carbocycles. The maximum Gasteiger partial charge on any atom is 0.228 e. The lowest BCUT2D eigenvalue weighted by molar-refractivity contribution is -0.136. The average molecular weight is 280 g/mol. The standard InChI is InChI=1S/C14H24N4O2/c1-12-16-7-9-18(12)10-8-17-13(19)14(11-20-2)3-5-15-6-4-14/h7,9,15H,3-6,8,10-11H2,1-2H3,(H,17,19). The quantitative estimate of drug-likeness (QED) is 0.788. The van der Waals surface area contributed by atoms with Crippen LogP contribution in [0.5, 0.6) is 0 Å². The van der Waals surface area contributed by atoms with E-state index >= 15 is 0 Å². The van der Waals surface area contributed by atoms with Gasteiger partial charge in [-0.25, -0.2) is 4.98 Å². The van der Waals surface area contributed by atoms with E-state index in [1.165, 1.54) is 0 Å². The zero-order valence-corrected chi connectivity index (χ0v) is 12.3. The van der Waals surface area contributed by atoms with Crippen molar-refractivity contribution in [1.82, 2.24) is 20.2 Å². The second-order valence-corrected chi connectivity index (χ2v) is 5.39. The number of aryl methyl sites for hydroxylation is 1. The number of methoxy groups -OCH3 is 1. The van der Waals surface area contributed by atoms with Gasteiger partial charge in [-0.2, -0.15) is 0 Å². The minimum absolute atomic E-state index is 0.110. The van der Waals surface area contributed by atoms with E-state index in [0.29, 0.717) is 13.2 Å². The van der Waals surface area contributed by atoms with Crippen molar-refractivity contribution in [3.05, 3.63) is 18.2 Å². The van der Waals surface area contributed by atoms with Gasteiger partial charge in [0.1, 0.15) is 5.82 Å². The second kappa shape index (κ2) is 6.85. The molecule has 1 aromatic rings. The third-order valence-electron chi connectivity index (χ3n) is 4.02. The van der Waals surface area contributed by atoms with Gasteiger partial charge in [-0.05, 0) is 32.9 Å². The first-order valence-corrected chi connectivity index (χ1v) is 7.14. The van der Waals surface area contributed by atoms with Crippen LogP contribution in [0.1, 0.15) is 18.7 Å². The Morgan fingerprint density at radius 1 is 1.55 bits per heavy atom. The first-order chi connectivity index (χ1) is 9.68. The summed E-state index contributed by atoms with van der Waals surface area (Å²) in [7, 11) is 1.66. The Morgan fingerprint density at radius 3 is 2.90 bits per heavy atom. The van der Waals surface area contributed by atoms with Gasteiger partial charge in [0.2, 0.25) is 5.91 Å². The molecule has 0 aromatic carbocycles. The zero-order chi connectivity index (χ0) is 14.4. The molecule has 0 spiro atoms. The lowest BCUT2D eigenvalue weighted by Gasteiger charge is -2.35. The number of carbonyl (C=O) groups excluding carboxylic acids is 1. The summed E-state index contributed by atoms with van der Waals surface area (Å²) in [6.45, 7) is 5.56.